The Hall–Kier alpha value is -1.67. The van der Waals surface area contributed by atoms with Gasteiger partial charge in [0.05, 0.1) is 24.7 Å². The normalized spacial score (nSPS) is 15.5. The molecule has 2 rings (SSSR count). The van der Waals surface area contributed by atoms with Crippen LogP contribution < -0.4 is 10.2 Å². The molecule has 1 aliphatic heterocycles. The van der Waals surface area contributed by atoms with E-state index in [4.69, 9.17) is 0 Å². The Balaban J connectivity index is 1.92. The number of aromatic nitrogens is 1. The molecule has 1 saturated heterocycles. The predicted molar refractivity (Wildman–Crippen MR) is 81.8 cm³/mol. The molecule has 2 heterocycles. The first-order valence-corrected chi connectivity index (χ1v) is 8.63. The molecule has 1 aliphatic rings. The predicted octanol–water partition coefficient (Wildman–Crippen LogP) is 0.512. The molecule has 0 saturated carbocycles. The van der Waals surface area contributed by atoms with Crippen LogP contribution in [0, 0.1) is 0 Å². The van der Waals surface area contributed by atoms with Crippen LogP contribution in [0.15, 0.2) is 18.3 Å². The summed E-state index contributed by atoms with van der Waals surface area (Å²) in [7, 11) is -1.99. The standard InChI is InChI=1S/C13H20N4O3S/c1-16(21(2,19)20)10-13(18)15-11-5-6-12(14-9-11)17-7-3-4-8-17/h5-6,9H,3-4,7-8,10H2,1-2H3,(H,15,18). The second-order valence-electron chi connectivity index (χ2n) is 5.17. The van der Waals surface area contributed by atoms with Crippen molar-refractivity contribution in [2.75, 3.05) is 43.2 Å². The zero-order valence-corrected chi connectivity index (χ0v) is 13.1. The van der Waals surface area contributed by atoms with Crippen molar-refractivity contribution in [2.24, 2.45) is 0 Å². The van der Waals surface area contributed by atoms with Crippen molar-refractivity contribution < 1.29 is 13.2 Å². The molecule has 7 nitrogen and oxygen atoms in total. The molecule has 116 valence electrons. The number of rotatable bonds is 5. The average Bonchev–Trinajstić information content (AvgIpc) is 2.92. The summed E-state index contributed by atoms with van der Waals surface area (Å²) >= 11 is 0. The first kappa shape index (κ1) is 15.7. The van der Waals surface area contributed by atoms with Crippen molar-refractivity contribution in [3.05, 3.63) is 18.3 Å². The first-order chi connectivity index (χ1) is 9.86. The minimum atomic E-state index is -3.36. The number of nitrogens with one attached hydrogen (secondary N) is 1. The number of pyridine rings is 1. The molecular weight excluding hydrogens is 292 g/mol. The highest BCUT2D eigenvalue weighted by Crippen LogP contribution is 2.18. The summed E-state index contributed by atoms with van der Waals surface area (Å²) in [6, 6.07) is 3.64. The van der Waals surface area contributed by atoms with E-state index in [1.54, 1.807) is 12.3 Å². The SMILES string of the molecule is CN(CC(=O)Nc1ccc(N2CCCC2)nc1)S(C)(=O)=O. The molecule has 1 aromatic rings. The number of likely N-dealkylation sites (N-methyl/N-ethyl adjacent to an activating group) is 1. The van der Waals surface area contributed by atoms with Gasteiger partial charge in [-0.3, -0.25) is 4.79 Å². The summed E-state index contributed by atoms with van der Waals surface area (Å²) in [6.45, 7) is 1.81. The maximum Gasteiger partial charge on any atom is 0.239 e. The third-order valence-electron chi connectivity index (χ3n) is 3.39. The lowest BCUT2D eigenvalue weighted by Gasteiger charge is -2.17. The Morgan fingerprint density at radius 2 is 2.05 bits per heavy atom. The average molecular weight is 312 g/mol. The van der Waals surface area contributed by atoms with Gasteiger partial charge in [0, 0.05) is 20.1 Å². The van der Waals surface area contributed by atoms with Crippen LogP contribution in [0.5, 0.6) is 0 Å². The number of amides is 1. The van der Waals surface area contributed by atoms with Gasteiger partial charge in [-0.25, -0.2) is 13.4 Å². The highest BCUT2D eigenvalue weighted by molar-refractivity contribution is 7.88. The Kier molecular flexibility index (Phi) is 4.79. The highest BCUT2D eigenvalue weighted by atomic mass is 32.2. The summed E-state index contributed by atoms with van der Waals surface area (Å²) in [5.74, 6) is 0.511. The van der Waals surface area contributed by atoms with Crippen molar-refractivity contribution in [1.82, 2.24) is 9.29 Å². The van der Waals surface area contributed by atoms with E-state index in [9.17, 15) is 13.2 Å². The molecule has 0 atom stereocenters. The van der Waals surface area contributed by atoms with Gasteiger partial charge in [-0.05, 0) is 25.0 Å². The van der Waals surface area contributed by atoms with Crippen molar-refractivity contribution in [1.29, 1.82) is 0 Å². The van der Waals surface area contributed by atoms with Gasteiger partial charge in [0.15, 0.2) is 0 Å². The van der Waals surface area contributed by atoms with Gasteiger partial charge in [-0.15, -0.1) is 0 Å². The van der Waals surface area contributed by atoms with E-state index in [0.717, 1.165) is 29.5 Å². The number of carbonyl (C=O) groups is 1. The third kappa shape index (κ3) is 4.40. The van der Waals surface area contributed by atoms with E-state index in [0.29, 0.717) is 5.69 Å². The van der Waals surface area contributed by atoms with Gasteiger partial charge < -0.3 is 10.2 Å². The molecule has 1 N–H and O–H groups in total. The summed E-state index contributed by atoms with van der Waals surface area (Å²) in [6.07, 6.45) is 5.01. The zero-order chi connectivity index (χ0) is 15.5. The number of sulfonamides is 1. The Morgan fingerprint density at radius 3 is 2.57 bits per heavy atom. The monoisotopic (exact) mass is 312 g/mol. The van der Waals surface area contributed by atoms with Gasteiger partial charge >= 0.3 is 0 Å². The second kappa shape index (κ2) is 6.40. The number of hydrogen-bond acceptors (Lipinski definition) is 5. The van der Waals surface area contributed by atoms with Crippen molar-refractivity contribution in [3.8, 4) is 0 Å². The smallest absolute Gasteiger partial charge is 0.239 e. The van der Waals surface area contributed by atoms with Crippen LogP contribution in [-0.2, 0) is 14.8 Å². The Labute approximate surface area is 125 Å². The van der Waals surface area contributed by atoms with E-state index in [-0.39, 0.29) is 6.54 Å². The fraction of sp³-hybridized carbons (Fsp3) is 0.538. The van der Waals surface area contributed by atoms with Crippen LogP contribution >= 0.6 is 0 Å². The summed E-state index contributed by atoms with van der Waals surface area (Å²) in [4.78, 5) is 18.3. The van der Waals surface area contributed by atoms with Crippen molar-refractivity contribution in [2.45, 2.75) is 12.8 Å². The van der Waals surface area contributed by atoms with Gasteiger partial charge in [0.1, 0.15) is 5.82 Å². The fourth-order valence-corrected chi connectivity index (χ4v) is 2.47. The lowest BCUT2D eigenvalue weighted by molar-refractivity contribution is -0.116. The summed E-state index contributed by atoms with van der Waals surface area (Å²) in [5, 5.41) is 2.64. The van der Waals surface area contributed by atoms with Crippen molar-refractivity contribution in [3.63, 3.8) is 0 Å². The number of hydrogen-bond donors (Lipinski definition) is 1. The van der Waals surface area contributed by atoms with Crippen LogP contribution in [0.1, 0.15) is 12.8 Å². The molecule has 21 heavy (non-hydrogen) atoms. The van der Waals surface area contributed by atoms with Gasteiger partial charge in [0.25, 0.3) is 0 Å². The van der Waals surface area contributed by atoms with Crippen LogP contribution in [0.3, 0.4) is 0 Å². The maximum absolute atomic E-state index is 11.8. The Bertz CT molecular complexity index is 594. The largest absolute Gasteiger partial charge is 0.357 e. The highest BCUT2D eigenvalue weighted by Gasteiger charge is 2.16. The Morgan fingerprint density at radius 1 is 1.38 bits per heavy atom. The zero-order valence-electron chi connectivity index (χ0n) is 12.2. The van der Waals surface area contributed by atoms with Crippen LogP contribution in [0.2, 0.25) is 0 Å². The van der Waals surface area contributed by atoms with Gasteiger partial charge in [0.2, 0.25) is 15.9 Å². The lowest BCUT2D eigenvalue weighted by Crippen LogP contribution is -2.34. The van der Waals surface area contributed by atoms with Crippen LogP contribution in [0.4, 0.5) is 11.5 Å². The number of anilines is 2. The third-order valence-corrected chi connectivity index (χ3v) is 4.66. The molecule has 0 radical (unpaired) electrons. The molecule has 1 aromatic heterocycles. The van der Waals surface area contributed by atoms with Crippen LogP contribution in [-0.4, -0.2) is 56.6 Å². The molecule has 0 aliphatic carbocycles. The van der Waals surface area contributed by atoms with Gasteiger partial charge in [-0.2, -0.15) is 4.31 Å². The van der Waals surface area contributed by atoms with Gasteiger partial charge in [-0.1, -0.05) is 0 Å². The number of nitrogens with zero attached hydrogens (tertiary/aromatic N) is 3. The molecule has 0 aromatic carbocycles. The molecule has 1 fully saturated rings. The van der Waals surface area contributed by atoms with E-state index in [1.165, 1.54) is 19.9 Å². The van der Waals surface area contributed by atoms with E-state index in [1.807, 2.05) is 6.07 Å². The van der Waals surface area contributed by atoms with E-state index < -0.39 is 15.9 Å². The summed E-state index contributed by atoms with van der Waals surface area (Å²) < 4.78 is 23.5. The first-order valence-electron chi connectivity index (χ1n) is 6.78. The lowest BCUT2D eigenvalue weighted by atomic mass is 10.3. The quantitative estimate of drug-likeness (QED) is 0.856. The van der Waals surface area contributed by atoms with E-state index in [2.05, 4.69) is 15.2 Å². The molecule has 0 bridgehead atoms. The van der Waals surface area contributed by atoms with E-state index >= 15 is 0 Å². The van der Waals surface area contributed by atoms with Crippen LogP contribution in [0.25, 0.3) is 0 Å². The van der Waals surface area contributed by atoms with Crippen molar-refractivity contribution >= 4 is 27.4 Å². The summed E-state index contributed by atoms with van der Waals surface area (Å²) in [5.41, 5.74) is 0.560. The molecular formula is C13H20N4O3S. The minimum absolute atomic E-state index is 0.216. The maximum atomic E-state index is 11.8. The molecule has 0 unspecified atom stereocenters. The minimum Gasteiger partial charge on any atom is -0.357 e. The molecule has 8 heteroatoms. The topological polar surface area (TPSA) is 82.6 Å². The molecule has 1 amide bonds. The second-order valence-corrected chi connectivity index (χ2v) is 7.26. The molecule has 0 spiro atoms. The number of carbonyl (C=O) groups excluding carboxylic acids is 1. The fourth-order valence-electron chi connectivity index (χ4n) is 2.11.